The quantitative estimate of drug-likeness (QED) is 0.471. The summed E-state index contributed by atoms with van der Waals surface area (Å²) in [7, 11) is 0. The lowest BCUT2D eigenvalue weighted by atomic mass is 10.2. The van der Waals surface area contributed by atoms with Crippen molar-refractivity contribution in [2.45, 2.75) is 25.4 Å². The van der Waals surface area contributed by atoms with Crippen molar-refractivity contribution in [1.29, 1.82) is 0 Å². The topological polar surface area (TPSA) is 55.2 Å². The van der Waals surface area contributed by atoms with E-state index in [9.17, 15) is 23.3 Å². The highest BCUT2D eigenvalue weighted by atomic mass is 79.9. The number of benzene rings is 1. The maximum atomic E-state index is 11.9. The van der Waals surface area contributed by atoms with Gasteiger partial charge < -0.3 is 5.32 Å². The third kappa shape index (κ3) is 5.91. The van der Waals surface area contributed by atoms with Crippen LogP contribution in [0.4, 0.5) is 24.5 Å². The van der Waals surface area contributed by atoms with Gasteiger partial charge >= 0.3 is 6.18 Å². The Morgan fingerprint density at radius 2 is 2.00 bits per heavy atom. The minimum Gasteiger partial charge on any atom is -0.379 e. The number of halogens is 4. The van der Waals surface area contributed by atoms with E-state index in [-0.39, 0.29) is 18.7 Å². The first-order valence-electron chi connectivity index (χ1n) is 5.54. The fraction of sp³-hybridized carbons (Fsp3) is 0.455. The van der Waals surface area contributed by atoms with Crippen LogP contribution in [0.2, 0.25) is 0 Å². The molecule has 0 atom stereocenters. The summed E-state index contributed by atoms with van der Waals surface area (Å²) in [6.07, 6.45) is -4.69. The molecule has 0 aliphatic rings. The van der Waals surface area contributed by atoms with Gasteiger partial charge in [0.2, 0.25) is 0 Å². The molecule has 0 heterocycles. The number of nitro groups is 1. The van der Waals surface area contributed by atoms with Crippen LogP contribution in [0, 0.1) is 10.1 Å². The monoisotopic (exact) mass is 340 g/mol. The third-order valence-electron chi connectivity index (χ3n) is 2.36. The van der Waals surface area contributed by atoms with Crippen molar-refractivity contribution in [3.8, 4) is 0 Å². The fourth-order valence-corrected chi connectivity index (χ4v) is 1.83. The predicted octanol–water partition coefficient (Wildman–Crippen LogP) is 4.50. The van der Waals surface area contributed by atoms with Crippen LogP contribution in [0.3, 0.4) is 0 Å². The lowest BCUT2D eigenvalue weighted by molar-refractivity contribution is -0.384. The first-order valence-corrected chi connectivity index (χ1v) is 6.33. The molecular formula is C11H12BrF3N2O2. The number of anilines is 1. The van der Waals surface area contributed by atoms with Crippen LogP contribution in [-0.2, 0) is 0 Å². The normalized spacial score (nSPS) is 11.4. The van der Waals surface area contributed by atoms with E-state index < -0.39 is 17.5 Å². The molecular weight excluding hydrogens is 329 g/mol. The number of unbranched alkanes of at least 4 members (excludes halogenated alkanes) is 1. The average molecular weight is 341 g/mol. The second kappa shape index (κ2) is 6.74. The van der Waals surface area contributed by atoms with Crippen molar-refractivity contribution in [2.75, 3.05) is 11.9 Å². The molecule has 0 aromatic heterocycles. The number of nitrogens with one attached hydrogen (secondary N) is 1. The van der Waals surface area contributed by atoms with Crippen molar-refractivity contribution in [2.24, 2.45) is 0 Å². The molecule has 106 valence electrons. The summed E-state index contributed by atoms with van der Waals surface area (Å²) in [5.41, 5.74) is 0.199. The Labute approximate surface area is 116 Å². The van der Waals surface area contributed by atoms with E-state index in [4.69, 9.17) is 0 Å². The molecule has 1 N–H and O–H groups in total. The zero-order valence-electron chi connectivity index (χ0n) is 9.84. The minimum absolute atomic E-state index is 0.000819. The van der Waals surface area contributed by atoms with E-state index in [1.165, 1.54) is 12.1 Å². The van der Waals surface area contributed by atoms with E-state index in [0.717, 1.165) is 0 Å². The summed E-state index contributed by atoms with van der Waals surface area (Å²) in [6, 6.07) is 4.50. The molecule has 0 saturated heterocycles. The zero-order chi connectivity index (χ0) is 14.5. The van der Waals surface area contributed by atoms with Crippen LogP contribution < -0.4 is 5.32 Å². The molecule has 0 aliphatic carbocycles. The molecule has 0 radical (unpaired) electrons. The Morgan fingerprint density at radius 1 is 1.32 bits per heavy atom. The number of hydrogen-bond acceptors (Lipinski definition) is 3. The molecule has 19 heavy (non-hydrogen) atoms. The number of nitrogens with zero attached hydrogens (tertiary/aromatic N) is 1. The lowest BCUT2D eigenvalue weighted by Gasteiger charge is -2.08. The molecule has 4 nitrogen and oxygen atoms in total. The van der Waals surface area contributed by atoms with Crippen molar-refractivity contribution in [3.05, 3.63) is 32.8 Å². The third-order valence-corrected chi connectivity index (χ3v) is 2.85. The summed E-state index contributed by atoms with van der Waals surface area (Å²) in [4.78, 5) is 10.3. The van der Waals surface area contributed by atoms with Crippen molar-refractivity contribution < 1.29 is 18.1 Å². The highest BCUT2D eigenvalue weighted by Crippen LogP contribution is 2.28. The van der Waals surface area contributed by atoms with Gasteiger partial charge in [0.05, 0.1) is 4.92 Å². The van der Waals surface area contributed by atoms with Crippen LogP contribution >= 0.6 is 15.9 Å². The van der Waals surface area contributed by atoms with Gasteiger partial charge in [0.1, 0.15) is 5.69 Å². The maximum absolute atomic E-state index is 11.9. The molecule has 0 amide bonds. The first kappa shape index (κ1) is 15.7. The first-order chi connectivity index (χ1) is 8.79. The zero-order valence-corrected chi connectivity index (χ0v) is 11.4. The molecule has 0 bridgehead atoms. The lowest BCUT2D eigenvalue weighted by Crippen LogP contribution is -2.09. The highest BCUT2D eigenvalue weighted by molar-refractivity contribution is 9.10. The van der Waals surface area contributed by atoms with Crippen molar-refractivity contribution in [1.82, 2.24) is 0 Å². The summed E-state index contributed by atoms with van der Waals surface area (Å²) >= 11 is 3.12. The Hall–Kier alpha value is -1.31. The van der Waals surface area contributed by atoms with Crippen LogP contribution in [-0.4, -0.2) is 17.6 Å². The number of rotatable bonds is 6. The Kier molecular flexibility index (Phi) is 5.59. The Morgan fingerprint density at radius 3 is 2.58 bits per heavy atom. The van der Waals surface area contributed by atoms with Gasteiger partial charge in [0.15, 0.2) is 0 Å². The van der Waals surface area contributed by atoms with Gasteiger partial charge in [-0.15, -0.1) is 0 Å². The van der Waals surface area contributed by atoms with Gasteiger partial charge in [-0.05, 0) is 25.0 Å². The molecule has 0 spiro atoms. The molecule has 1 aromatic rings. The maximum Gasteiger partial charge on any atom is 0.389 e. The summed E-state index contributed by atoms with van der Waals surface area (Å²) in [5.74, 6) is 0. The minimum atomic E-state index is -4.15. The summed E-state index contributed by atoms with van der Waals surface area (Å²) < 4.78 is 36.3. The Balaban J connectivity index is 2.47. The standard InChI is InChI=1S/C11H12BrF3N2O2/c12-8-3-4-9(10(7-8)17(18)19)16-6-2-1-5-11(13,14)15/h3-4,7,16H,1-2,5-6H2. The van der Waals surface area contributed by atoms with E-state index in [1.54, 1.807) is 6.07 Å². The van der Waals surface area contributed by atoms with Gasteiger partial charge in [-0.3, -0.25) is 10.1 Å². The molecule has 8 heteroatoms. The Bertz CT molecular complexity index is 452. The fourth-order valence-electron chi connectivity index (χ4n) is 1.48. The molecule has 1 aromatic carbocycles. The average Bonchev–Trinajstić information content (AvgIpc) is 2.28. The van der Waals surface area contributed by atoms with Gasteiger partial charge in [-0.25, -0.2) is 0 Å². The molecule has 0 unspecified atom stereocenters. The van der Waals surface area contributed by atoms with E-state index >= 15 is 0 Å². The van der Waals surface area contributed by atoms with Crippen LogP contribution in [0.15, 0.2) is 22.7 Å². The van der Waals surface area contributed by atoms with Gasteiger partial charge in [-0.2, -0.15) is 13.2 Å². The predicted molar refractivity (Wildman–Crippen MR) is 69.2 cm³/mol. The van der Waals surface area contributed by atoms with E-state index in [0.29, 0.717) is 16.6 Å². The molecule has 1 rings (SSSR count). The van der Waals surface area contributed by atoms with E-state index in [2.05, 4.69) is 21.2 Å². The molecule has 0 fully saturated rings. The van der Waals surface area contributed by atoms with Crippen LogP contribution in [0.5, 0.6) is 0 Å². The van der Waals surface area contributed by atoms with Crippen molar-refractivity contribution in [3.63, 3.8) is 0 Å². The van der Waals surface area contributed by atoms with Crippen molar-refractivity contribution >= 4 is 27.3 Å². The molecule has 0 aliphatic heterocycles. The molecule has 0 saturated carbocycles. The largest absolute Gasteiger partial charge is 0.389 e. The number of hydrogen-bond donors (Lipinski definition) is 1. The van der Waals surface area contributed by atoms with Gasteiger partial charge in [0.25, 0.3) is 5.69 Å². The summed E-state index contributed by atoms with van der Waals surface area (Å²) in [6.45, 7) is 0.262. The summed E-state index contributed by atoms with van der Waals surface area (Å²) in [5, 5.41) is 13.6. The highest BCUT2D eigenvalue weighted by Gasteiger charge is 2.25. The van der Waals surface area contributed by atoms with Gasteiger partial charge in [-0.1, -0.05) is 15.9 Å². The SMILES string of the molecule is O=[N+]([O-])c1cc(Br)ccc1NCCCCC(F)(F)F. The second-order valence-electron chi connectivity index (χ2n) is 3.92. The van der Waals surface area contributed by atoms with Gasteiger partial charge in [0, 0.05) is 23.5 Å². The number of alkyl halides is 3. The second-order valence-corrected chi connectivity index (χ2v) is 4.83. The van der Waals surface area contributed by atoms with Crippen LogP contribution in [0.1, 0.15) is 19.3 Å². The number of nitro benzene ring substituents is 1. The van der Waals surface area contributed by atoms with Crippen LogP contribution in [0.25, 0.3) is 0 Å². The van der Waals surface area contributed by atoms with E-state index in [1.807, 2.05) is 0 Å². The smallest absolute Gasteiger partial charge is 0.379 e.